The van der Waals surface area contributed by atoms with Crippen LogP contribution in [-0.2, 0) is 9.53 Å². The van der Waals surface area contributed by atoms with Crippen molar-refractivity contribution < 1.29 is 24.0 Å². The molecular weight excluding hydrogens is 380 g/mol. The highest BCUT2D eigenvalue weighted by molar-refractivity contribution is 5.97. The number of nitrogens with one attached hydrogen (secondary N) is 2. The monoisotopic (exact) mass is 404 g/mol. The Labute approximate surface area is 167 Å². The summed E-state index contributed by atoms with van der Waals surface area (Å²) in [7, 11) is 0. The lowest BCUT2D eigenvalue weighted by Crippen LogP contribution is -2.42. The topological polar surface area (TPSA) is 131 Å². The molecular formula is C19H24N4O6. The number of hydrogen-bond acceptors (Lipinski definition) is 7. The molecule has 0 radical (unpaired) electrons. The van der Waals surface area contributed by atoms with Gasteiger partial charge in [0, 0.05) is 25.2 Å². The Kier molecular flexibility index (Phi) is 6.30. The third kappa shape index (κ3) is 5.66. The molecule has 3 amide bonds. The van der Waals surface area contributed by atoms with Crippen LogP contribution in [0.3, 0.4) is 0 Å². The largest absolute Gasteiger partial charge is 0.452 e. The zero-order chi connectivity index (χ0) is 21.0. The molecule has 3 rings (SSSR count). The van der Waals surface area contributed by atoms with E-state index in [9.17, 15) is 24.5 Å². The molecule has 1 aromatic rings. The molecule has 0 unspecified atom stereocenters. The number of rotatable bonds is 6. The first-order valence-corrected chi connectivity index (χ1v) is 9.64. The highest BCUT2D eigenvalue weighted by Crippen LogP contribution is 2.32. The van der Waals surface area contributed by atoms with Crippen molar-refractivity contribution in [2.24, 2.45) is 5.92 Å². The van der Waals surface area contributed by atoms with E-state index < -0.39 is 29.4 Å². The Balaban J connectivity index is 1.61. The molecule has 2 fully saturated rings. The van der Waals surface area contributed by atoms with Crippen LogP contribution < -0.4 is 15.5 Å². The van der Waals surface area contributed by atoms with Crippen molar-refractivity contribution in [2.45, 2.75) is 38.6 Å². The van der Waals surface area contributed by atoms with Crippen LogP contribution in [0.15, 0.2) is 18.2 Å². The Morgan fingerprint density at radius 3 is 2.69 bits per heavy atom. The fraction of sp³-hybridized carbons (Fsp3) is 0.526. The number of benzene rings is 1. The first-order chi connectivity index (χ1) is 13.8. The molecule has 1 aromatic carbocycles. The maximum atomic E-state index is 12.2. The van der Waals surface area contributed by atoms with Gasteiger partial charge >= 0.3 is 12.0 Å². The van der Waals surface area contributed by atoms with Gasteiger partial charge in [0.05, 0.1) is 10.5 Å². The van der Waals surface area contributed by atoms with E-state index in [0.29, 0.717) is 18.2 Å². The average Bonchev–Trinajstić information content (AvgIpc) is 3.49. The van der Waals surface area contributed by atoms with Crippen molar-refractivity contribution in [1.82, 2.24) is 10.6 Å². The minimum atomic E-state index is -0.871. The van der Waals surface area contributed by atoms with Gasteiger partial charge in [0.1, 0.15) is 5.69 Å². The number of urea groups is 1. The van der Waals surface area contributed by atoms with Crippen molar-refractivity contribution in [1.29, 1.82) is 0 Å². The van der Waals surface area contributed by atoms with E-state index in [1.54, 1.807) is 0 Å². The lowest BCUT2D eigenvalue weighted by molar-refractivity contribution is -0.384. The molecule has 0 aromatic heterocycles. The van der Waals surface area contributed by atoms with Gasteiger partial charge in [-0.2, -0.15) is 0 Å². The summed E-state index contributed by atoms with van der Waals surface area (Å²) in [5, 5.41) is 16.2. The predicted octanol–water partition coefficient (Wildman–Crippen LogP) is 1.98. The second kappa shape index (κ2) is 8.89. The summed E-state index contributed by atoms with van der Waals surface area (Å²) >= 11 is 0. The molecule has 10 nitrogen and oxygen atoms in total. The van der Waals surface area contributed by atoms with Crippen LogP contribution >= 0.6 is 0 Å². The van der Waals surface area contributed by atoms with Gasteiger partial charge in [0.2, 0.25) is 0 Å². The molecule has 1 atom stereocenters. The van der Waals surface area contributed by atoms with Gasteiger partial charge in [0.25, 0.3) is 11.6 Å². The van der Waals surface area contributed by atoms with Crippen molar-refractivity contribution in [3.8, 4) is 0 Å². The number of piperidine rings is 1. The fourth-order valence-electron chi connectivity index (χ4n) is 3.30. The van der Waals surface area contributed by atoms with E-state index >= 15 is 0 Å². The molecule has 1 saturated carbocycles. The van der Waals surface area contributed by atoms with E-state index in [0.717, 1.165) is 38.3 Å². The van der Waals surface area contributed by atoms with Gasteiger partial charge in [0.15, 0.2) is 6.61 Å². The summed E-state index contributed by atoms with van der Waals surface area (Å²) < 4.78 is 4.88. The first kappa shape index (κ1) is 20.6. The number of carbonyl (C=O) groups is 3. The molecule has 1 heterocycles. The number of ether oxygens (including phenoxy) is 1. The van der Waals surface area contributed by atoms with Crippen LogP contribution in [0.25, 0.3) is 0 Å². The Morgan fingerprint density at radius 2 is 2.03 bits per heavy atom. The van der Waals surface area contributed by atoms with E-state index in [2.05, 4.69) is 17.6 Å². The van der Waals surface area contributed by atoms with E-state index in [1.807, 2.05) is 4.90 Å². The second-order valence-electron chi connectivity index (χ2n) is 7.53. The molecule has 0 bridgehead atoms. The molecule has 156 valence electrons. The number of imide groups is 1. The maximum Gasteiger partial charge on any atom is 0.338 e. The molecule has 29 heavy (non-hydrogen) atoms. The number of nitrogens with zero attached hydrogens (tertiary/aromatic N) is 2. The highest BCUT2D eigenvalue weighted by atomic mass is 16.6. The second-order valence-corrected chi connectivity index (χ2v) is 7.53. The molecule has 1 saturated heterocycles. The lowest BCUT2D eigenvalue weighted by atomic mass is 9.99. The number of esters is 1. The van der Waals surface area contributed by atoms with Crippen LogP contribution in [0.2, 0.25) is 0 Å². The summed E-state index contributed by atoms with van der Waals surface area (Å²) in [5.41, 5.74) is 0.259. The van der Waals surface area contributed by atoms with Crippen molar-refractivity contribution in [2.75, 3.05) is 24.6 Å². The minimum absolute atomic E-state index is 0.0271. The zero-order valence-corrected chi connectivity index (χ0v) is 16.2. The van der Waals surface area contributed by atoms with Crippen molar-refractivity contribution in [3.63, 3.8) is 0 Å². The third-order valence-corrected chi connectivity index (χ3v) is 4.91. The van der Waals surface area contributed by atoms with Crippen molar-refractivity contribution in [3.05, 3.63) is 33.9 Å². The van der Waals surface area contributed by atoms with Gasteiger partial charge < -0.3 is 15.0 Å². The standard InChI is InChI=1S/C19H24N4O6/c1-12-3-2-8-22(10-12)15-7-4-13(9-16(15)23(27)28)18(25)29-11-17(24)21-19(26)20-14-5-6-14/h4,7,9,12,14H,2-3,5-6,8,10-11H2,1H3,(H2,20,21,24,26)/t12-/m1/s1. The minimum Gasteiger partial charge on any atom is -0.452 e. The summed E-state index contributed by atoms with van der Waals surface area (Å²) in [4.78, 5) is 48.3. The quantitative estimate of drug-likeness (QED) is 0.421. The van der Waals surface area contributed by atoms with Crippen LogP contribution in [0, 0.1) is 16.0 Å². The van der Waals surface area contributed by atoms with Gasteiger partial charge in [-0.25, -0.2) is 9.59 Å². The van der Waals surface area contributed by atoms with Gasteiger partial charge in [-0.05, 0) is 43.7 Å². The summed E-state index contributed by atoms with van der Waals surface area (Å²) in [6.07, 6.45) is 3.78. The SMILES string of the molecule is C[C@@H]1CCCN(c2ccc(C(=O)OCC(=O)NC(=O)NC3CC3)cc2[N+](=O)[O-])C1. The Morgan fingerprint density at radius 1 is 1.28 bits per heavy atom. The molecule has 0 spiro atoms. The normalized spacial score (nSPS) is 18.7. The fourth-order valence-corrected chi connectivity index (χ4v) is 3.30. The zero-order valence-electron chi connectivity index (χ0n) is 16.2. The summed E-state index contributed by atoms with van der Waals surface area (Å²) in [5.74, 6) is -1.21. The van der Waals surface area contributed by atoms with E-state index in [1.165, 1.54) is 12.1 Å². The number of nitro groups is 1. The average molecular weight is 404 g/mol. The number of carbonyl (C=O) groups excluding carboxylic acids is 3. The van der Waals surface area contributed by atoms with Gasteiger partial charge in [-0.1, -0.05) is 6.92 Å². The lowest BCUT2D eigenvalue weighted by Gasteiger charge is -2.32. The molecule has 2 aliphatic rings. The number of hydrogen-bond donors (Lipinski definition) is 2. The van der Waals surface area contributed by atoms with E-state index in [4.69, 9.17) is 4.74 Å². The smallest absolute Gasteiger partial charge is 0.338 e. The number of anilines is 1. The molecule has 1 aliphatic heterocycles. The van der Waals surface area contributed by atoms with Crippen LogP contribution in [0.5, 0.6) is 0 Å². The molecule has 10 heteroatoms. The maximum absolute atomic E-state index is 12.2. The summed E-state index contributed by atoms with van der Waals surface area (Å²) in [6, 6.07) is 3.60. The van der Waals surface area contributed by atoms with Crippen LogP contribution in [0.1, 0.15) is 43.0 Å². The summed E-state index contributed by atoms with van der Waals surface area (Å²) in [6.45, 7) is 2.88. The van der Waals surface area contributed by atoms with Crippen molar-refractivity contribution >= 4 is 29.3 Å². The molecule has 1 aliphatic carbocycles. The Hall–Kier alpha value is -3.17. The van der Waals surface area contributed by atoms with E-state index in [-0.39, 0.29) is 17.3 Å². The van der Waals surface area contributed by atoms with Crippen LogP contribution in [0.4, 0.5) is 16.2 Å². The first-order valence-electron chi connectivity index (χ1n) is 9.64. The van der Waals surface area contributed by atoms with Crippen LogP contribution in [-0.4, -0.2) is 48.6 Å². The molecule has 2 N–H and O–H groups in total. The third-order valence-electron chi connectivity index (χ3n) is 4.91. The highest BCUT2D eigenvalue weighted by Gasteiger charge is 2.26. The van der Waals surface area contributed by atoms with Gasteiger partial charge in [-0.3, -0.25) is 20.2 Å². The number of nitro benzene ring substituents is 1. The predicted molar refractivity (Wildman–Crippen MR) is 104 cm³/mol. The number of amides is 3. The van der Waals surface area contributed by atoms with Gasteiger partial charge in [-0.15, -0.1) is 0 Å². The Bertz CT molecular complexity index is 823.